The number of hydrogen-bond donors (Lipinski definition) is 7. The summed E-state index contributed by atoms with van der Waals surface area (Å²) in [6.07, 6.45) is -11.3. The van der Waals surface area contributed by atoms with Crippen LogP contribution in [0, 0.1) is 0 Å². The Bertz CT molecular complexity index is 1450. The number of aliphatic hydroxyl groups is 4. The lowest BCUT2D eigenvalue weighted by Gasteiger charge is -2.37. The van der Waals surface area contributed by atoms with Crippen molar-refractivity contribution in [1.29, 1.82) is 0 Å². The minimum Gasteiger partial charge on any atom is -0.507 e. The van der Waals surface area contributed by atoms with Crippen molar-refractivity contribution >= 4 is 22.9 Å². The first kappa shape index (κ1) is 26.8. The van der Waals surface area contributed by atoms with Crippen molar-refractivity contribution in [3.63, 3.8) is 0 Å². The van der Waals surface area contributed by atoms with Gasteiger partial charge in [0.2, 0.25) is 0 Å². The van der Waals surface area contributed by atoms with Gasteiger partial charge in [-0.25, -0.2) is 9.59 Å². The Morgan fingerprint density at radius 2 is 1.61 bits per heavy atom. The summed E-state index contributed by atoms with van der Waals surface area (Å²) in [4.78, 5) is 37.4. The molecule has 0 bridgehead atoms. The summed E-state index contributed by atoms with van der Waals surface area (Å²) in [6.45, 7) is 1.10. The smallest absolute Gasteiger partial charge is 0.352 e. The number of hydrogen-bond acceptors (Lipinski definition) is 14. The van der Waals surface area contributed by atoms with Crippen LogP contribution in [0.2, 0.25) is 0 Å². The molecule has 6 unspecified atom stereocenters. The Morgan fingerprint density at radius 3 is 2.29 bits per heavy atom. The Labute approximate surface area is 212 Å². The van der Waals surface area contributed by atoms with E-state index in [1.165, 1.54) is 12.1 Å². The van der Waals surface area contributed by atoms with Gasteiger partial charge in [0.05, 0.1) is 0 Å². The highest BCUT2D eigenvalue weighted by Gasteiger charge is 2.47. The van der Waals surface area contributed by atoms with E-state index in [9.17, 15) is 50.1 Å². The highest BCUT2D eigenvalue weighted by molar-refractivity contribution is 5.88. The standard InChI is InChI=1S/C24H22O14/c1-8(35-24(34)21-19(30)18(29)20(31)23(33)38-21)22(32)36-10-5-13(27)17-14(28)7-15(37-16(17)6-10)9-2-3-11(25)12(26)4-9/h2-8,18-21,23,25-27,29-31,33H,1H3. The van der Waals surface area contributed by atoms with Crippen LogP contribution in [-0.4, -0.2) is 84.5 Å². The number of carbonyl (C=O) groups is 2. The van der Waals surface area contributed by atoms with Crippen LogP contribution in [-0.2, 0) is 19.1 Å². The van der Waals surface area contributed by atoms with Gasteiger partial charge in [-0.15, -0.1) is 0 Å². The molecule has 0 aliphatic carbocycles. The van der Waals surface area contributed by atoms with E-state index in [0.29, 0.717) is 0 Å². The van der Waals surface area contributed by atoms with Gasteiger partial charge in [0.15, 0.2) is 35.4 Å². The summed E-state index contributed by atoms with van der Waals surface area (Å²) < 4.78 is 20.4. The van der Waals surface area contributed by atoms with Gasteiger partial charge in [0, 0.05) is 23.8 Å². The van der Waals surface area contributed by atoms with E-state index in [2.05, 4.69) is 0 Å². The maximum Gasteiger partial charge on any atom is 0.352 e. The van der Waals surface area contributed by atoms with E-state index in [1.54, 1.807) is 0 Å². The molecule has 0 spiro atoms. The molecule has 1 saturated heterocycles. The Kier molecular flexibility index (Phi) is 7.26. The first-order chi connectivity index (χ1) is 17.9. The number of phenols is 3. The number of carbonyl (C=O) groups excluding carboxylic acids is 2. The van der Waals surface area contributed by atoms with Crippen LogP contribution < -0.4 is 10.2 Å². The number of fused-ring (bicyclic) bond motifs is 1. The van der Waals surface area contributed by atoms with Crippen molar-refractivity contribution in [2.24, 2.45) is 0 Å². The number of rotatable bonds is 5. The van der Waals surface area contributed by atoms with Crippen molar-refractivity contribution in [2.75, 3.05) is 0 Å². The van der Waals surface area contributed by atoms with Gasteiger partial charge in [-0.3, -0.25) is 4.79 Å². The Morgan fingerprint density at radius 1 is 0.895 bits per heavy atom. The number of aromatic hydroxyl groups is 3. The molecule has 38 heavy (non-hydrogen) atoms. The molecule has 2 aromatic carbocycles. The van der Waals surface area contributed by atoms with E-state index in [0.717, 1.165) is 31.2 Å². The molecule has 7 N–H and O–H groups in total. The monoisotopic (exact) mass is 534 g/mol. The minimum atomic E-state index is -2.00. The van der Waals surface area contributed by atoms with E-state index in [4.69, 9.17) is 18.6 Å². The van der Waals surface area contributed by atoms with Crippen LogP contribution in [0.3, 0.4) is 0 Å². The molecule has 6 atom stereocenters. The zero-order chi connectivity index (χ0) is 27.9. The third-order valence-electron chi connectivity index (χ3n) is 5.71. The van der Waals surface area contributed by atoms with Crippen LogP contribution in [0.25, 0.3) is 22.3 Å². The SMILES string of the molecule is CC(OC(=O)C1OC(O)C(O)C(O)C1O)C(=O)Oc1cc(O)c2c(=O)cc(-c3ccc(O)c(O)c3)oc2c1. The van der Waals surface area contributed by atoms with E-state index < -0.39 is 71.4 Å². The fourth-order valence-electron chi connectivity index (χ4n) is 3.67. The average Bonchev–Trinajstić information content (AvgIpc) is 2.85. The van der Waals surface area contributed by atoms with Crippen LogP contribution in [0.4, 0.5) is 0 Å². The molecule has 202 valence electrons. The van der Waals surface area contributed by atoms with E-state index in [-0.39, 0.29) is 28.0 Å². The molecule has 14 nitrogen and oxygen atoms in total. The van der Waals surface area contributed by atoms with Crippen molar-refractivity contribution in [1.82, 2.24) is 0 Å². The number of ether oxygens (including phenoxy) is 3. The maximum atomic E-state index is 12.6. The highest BCUT2D eigenvalue weighted by Crippen LogP contribution is 2.34. The molecule has 0 amide bonds. The summed E-state index contributed by atoms with van der Waals surface area (Å²) in [7, 11) is 0. The summed E-state index contributed by atoms with van der Waals surface area (Å²) in [5.74, 6) is -4.31. The van der Waals surface area contributed by atoms with Crippen molar-refractivity contribution in [3.8, 4) is 34.3 Å². The molecule has 1 aliphatic heterocycles. The third kappa shape index (κ3) is 5.11. The molecule has 3 aromatic rings. The second-order valence-electron chi connectivity index (χ2n) is 8.41. The molecule has 1 aliphatic rings. The van der Waals surface area contributed by atoms with Crippen molar-refractivity contribution in [2.45, 2.75) is 43.7 Å². The van der Waals surface area contributed by atoms with Gasteiger partial charge < -0.3 is 54.4 Å². The van der Waals surface area contributed by atoms with Crippen LogP contribution in [0.5, 0.6) is 23.0 Å². The molecule has 14 heteroatoms. The molecule has 0 saturated carbocycles. The number of esters is 2. The fourth-order valence-corrected chi connectivity index (χ4v) is 3.67. The number of benzene rings is 2. The lowest BCUT2D eigenvalue weighted by molar-refractivity contribution is -0.281. The van der Waals surface area contributed by atoms with Crippen LogP contribution in [0.15, 0.2) is 45.6 Å². The van der Waals surface area contributed by atoms with Gasteiger partial charge in [0.25, 0.3) is 0 Å². The molecule has 1 aromatic heterocycles. The lowest BCUT2D eigenvalue weighted by atomic mass is 9.99. The summed E-state index contributed by atoms with van der Waals surface area (Å²) >= 11 is 0. The predicted octanol–water partition coefficient (Wildman–Crippen LogP) is -0.786. The number of phenolic OH excluding ortho intramolecular Hbond substituents is 3. The molecule has 0 radical (unpaired) electrons. The second-order valence-corrected chi connectivity index (χ2v) is 8.41. The molecular weight excluding hydrogens is 512 g/mol. The highest BCUT2D eigenvalue weighted by atomic mass is 16.7. The summed E-state index contributed by atoms with van der Waals surface area (Å²) in [5, 5.41) is 68.0. The molecular formula is C24H22O14. The quantitative estimate of drug-likeness (QED) is 0.121. The first-order valence-electron chi connectivity index (χ1n) is 11.0. The molecule has 2 heterocycles. The van der Waals surface area contributed by atoms with Gasteiger partial charge in [-0.2, -0.15) is 0 Å². The Hall–Kier alpha value is -4.21. The maximum absolute atomic E-state index is 12.6. The van der Waals surface area contributed by atoms with Crippen molar-refractivity contribution < 1.29 is 64.0 Å². The second kappa shape index (κ2) is 10.3. The summed E-state index contributed by atoms with van der Waals surface area (Å²) in [5.41, 5.74) is -0.642. The fraction of sp³-hybridized carbons (Fsp3) is 0.292. The third-order valence-corrected chi connectivity index (χ3v) is 5.71. The zero-order valence-electron chi connectivity index (χ0n) is 19.4. The topological polar surface area (TPSA) is 234 Å². The molecule has 1 fully saturated rings. The van der Waals surface area contributed by atoms with Crippen LogP contribution >= 0.6 is 0 Å². The average molecular weight is 534 g/mol. The zero-order valence-corrected chi connectivity index (χ0v) is 19.4. The van der Waals surface area contributed by atoms with Gasteiger partial charge in [0.1, 0.15) is 46.5 Å². The molecule has 4 rings (SSSR count). The normalized spacial score (nSPS) is 24.1. The Balaban J connectivity index is 1.53. The minimum absolute atomic E-state index is 0.0384. The largest absolute Gasteiger partial charge is 0.507 e. The van der Waals surface area contributed by atoms with Gasteiger partial charge in [-0.05, 0) is 25.1 Å². The predicted molar refractivity (Wildman–Crippen MR) is 123 cm³/mol. The summed E-state index contributed by atoms with van der Waals surface area (Å²) in [6, 6.07) is 6.79. The number of aliphatic hydroxyl groups excluding tert-OH is 4. The van der Waals surface area contributed by atoms with E-state index in [1.807, 2.05) is 0 Å². The first-order valence-corrected chi connectivity index (χ1v) is 11.0. The van der Waals surface area contributed by atoms with Gasteiger partial charge in [-0.1, -0.05) is 0 Å². The van der Waals surface area contributed by atoms with Crippen molar-refractivity contribution in [3.05, 3.63) is 46.6 Å². The lowest BCUT2D eigenvalue weighted by Crippen LogP contribution is -2.60. The van der Waals surface area contributed by atoms with Gasteiger partial charge >= 0.3 is 11.9 Å². The van der Waals surface area contributed by atoms with E-state index >= 15 is 0 Å². The van der Waals surface area contributed by atoms with Crippen LogP contribution in [0.1, 0.15) is 6.92 Å².